The van der Waals surface area contributed by atoms with E-state index in [0.717, 1.165) is 30.6 Å². The van der Waals surface area contributed by atoms with Crippen LogP contribution in [0.15, 0.2) is 24.3 Å². The smallest absolute Gasteiger partial charge is 0.226 e. The van der Waals surface area contributed by atoms with Crippen molar-refractivity contribution in [3.63, 3.8) is 0 Å². The minimum absolute atomic E-state index is 0.0284. The lowest BCUT2D eigenvalue weighted by Gasteiger charge is -2.25. The number of anilines is 2. The van der Waals surface area contributed by atoms with Gasteiger partial charge in [0, 0.05) is 30.8 Å². The largest absolute Gasteiger partial charge is 0.326 e. The number of benzene rings is 1. The number of carbonyl (C=O) groups excluding carboxylic acids is 2. The molecule has 4 heteroatoms. The third-order valence-corrected chi connectivity index (χ3v) is 4.56. The maximum Gasteiger partial charge on any atom is 0.226 e. The first-order valence-electron chi connectivity index (χ1n) is 10.4. The Hall–Kier alpha value is -1.84. The van der Waals surface area contributed by atoms with Crippen molar-refractivity contribution in [2.24, 2.45) is 17.8 Å². The van der Waals surface area contributed by atoms with Crippen LogP contribution < -0.4 is 10.2 Å². The molecule has 4 nitrogen and oxygen atoms in total. The Morgan fingerprint density at radius 1 is 0.889 bits per heavy atom. The average molecular weight is 375 g/mol. The summed E-state index contributed by atoms with van der Waals surface area (Å²) in [6, 6.07) is 7.67. The van der Waals surface area contributed by atoms with E-state index in [1.54, 1.807) is 0 Å². The van der Waals surface area contributed by atoms with E-state index in [4.69, 9.17) is 0 Å². The van der Waals surface area contributed by atoms with Crippen LogP contribution in [0.5, 0.6) is 0 Å². The Balaban J connectivity index is 2.87. The Morgan fingerprint density at radius 2 is 1.48 bits per heavy atom. The Labute approximate surface area is 165 Å². The maximum absolute atomic E-state index is 12.8. The molecule has 0 atom stereocenters. The highest BCUT2D eigenvalue weighted by Gasteiger charge is 2.17. The fourth-order valence-electron chi connectivity index (χ4n) is 2.73. The highest BCUT2D eigenvalue weighted by molar-refractivity contribution is 5.95. The molecule has 1 aromatic rings. The van der Waals surface area contributed by atoms with E-state index < -0.39 is 0 Å². The van der Waals surface area contributed by atoms with Crippen LogP contribution in [0.4, 0.5) is 11.4 Å². The summed E-state index contributed by atoms with van der Waals surface area (Å²) in [7, 11) is 0. The summed E-state index contributed by atoms with van der Waals surface area (Å²) < 4.78 is 0. The third-order valence-electron chi connectivity index (χ3n) is 4.56. The summed E-state index contributed by atoms with van der Waals surface area (Å²) in [6.07, 6.45) is 3.80. The lowest BCUT2D eigenvalue weighted by atomic mass is 10.1. The SMILES string of the molecule is CC(C)CCC(=O)Nc1cccc(N(CCC(C)C)C(=O)CCC(C)C)c1. The third kappa shape index (κ3) is 9.60. The van der Waals surface area contributed by atoms with Crippen molar-refractivity contribution in [3.8, 4) is 0 Å². The molecule has 0 aromatic heterocycles. The van der Waals surface area contributed by atoms with Gasteiger partial charge in [0.1, 0.15) is 0 Å². The zero-order chi connectivity index (χ0) is 20.4. The number of nitrogens with one attached hydrogen (secondary N) is 1. The van der Waals surface area contributed by atoms with Gasteiger partial charge >= 0.3 is 0 Å². The van der Waals surface area contributed by atoms with Crippen molar-refractivity contribution in [1.82, 2.24) is 0 Å². The average Bonchev–Trinajstić information content (AvgIpc) is 2.58. The van der Waals surface area contributed by atoms with E-state index in [9.17, 15) is 9.59 Å². The molecule has 0 fully saturated rings. The molecule has 0 saturated heterocycles. The second-order valence-corrected chi connectivity index (χ2v) is 8.69. The van der Waals surface area contributed by atoms with Gasteiger partial charge in [-0.2, -0.15) is 0 Å². The summed E-state index contributed by atoms with van der Waals surface area (Å²) in [5.41, 5.74) is 1.62. The summed E-state index contributed by atoms with van der Waals surface area (Å²) in [5.74, 6) is 1.73. The molecule has 0 unspecified atom stereocenters. The standard InChI is InChI=1S/C23H38N2O2/c1-17(2)10-12-22(26)24-20-8-7-9-21(16-20)25(15-14-19(5)6)23(27)13-11-18(3)4/h7-9,16-19H,10-15H2,1-6H3,(H,24,26). The normalized spacial score (nSPS) is 11.3. The molecule has 0 saturated carbocycles. The van der Waals surface area contributed by atoms with Crippen LogP contribution in [0.3, 0.4) is 0 Å². The van der Waals surface area contributed by atoms with Gasteiger partial charge in [-0.05, 0) is 55.2 Å². The first-order chi connectivity index (χ1) is 12.7. The fraction of sp³-hybridized carbons (Fsp3) is 0.652. The van der Waals surface area contributed by atoms with Crippen LogP contribution in [0.1, 0.15) is 73.6 Å². The number of rotatable bonds is 11. The van der Waals surface area contributed by atoms with Crippen LogP contribution in [0, 0.1) is 17.8 Å². The molecule has 0 radical (unpaired) electrons. The highest BCUT2D eigenvalue weighted by Crippen LogP contribution is 2.23. The molecular weight excluding hydrogens is 336 g/mol. The second kappa shape index (κ2) is 11.8. The van der Waals surface area contributed by atoms with Gasteiger partial charge in [-0.1, -0.05) is 47.6 Å². The minimum atomic E-state index is 0.0284. The Kier molecular flexibility index (Phi) is 10.1. The summed E-state index contributed by atoms with van der Waals surface area (Å²) >= 11 is 0. The Bertz CT molecular complexity index is 594. The van der Waals surface area contributed by atoms with Crippen molar-refractivity contribution < 1.29 is 9.59 Å². The summed E-state index contributed by atoms with van der Waals surface area (Å²) in [6.45, 7) is 13.5. The van der Waals surface area contributed by atoms with E-state index in [1.165, 1.54) is 0 Å². The second-order valence-electron chi connectivity index (χ2n) is 8.69. The van der Waals surface area contributed by atoms with Crippen LogP contribution >= 0.6 is 0 Å². The van der Waals surface area contributed by atoms with Gasteiger partial charge in [-0.25, -0.2) is 0 Å². The monoisotopic (exact) mass is 374 g/mol. The predicted octanol–water partition coefficient (Wildman–Crippen LogP) is 5.88. The fourth-order valence-corrected chi connectivity index (χ4v) is 2.73. The first kappa shape index (κ1) is 23.2. The van der Waals surface area contributed by atoms with Crippen molar-refractivity contribution in [1.29, 1.82) is 0 Å². The van der Waals surface area contributed by atoms with Crippen molar-refractivity contribution in [2.45, 2.75) is 73.6 Å². The van der Waals surface area contributed by atoms with E-state index in [1.807, 2.05) is 29.2 Å². The maximum atomic E-state index is 12.8. The molecule has 0 bridgehead atoms. The number of amides is 2. The molecule has 0 aliphatic carbocycles. The topological polar surface area (TPSA) is 49.4 Å². The molecule has 0 aliphatic heterocycles. The van der Waals surface area contributed by atoms with Crippen molar-refractivity contribution >= 4 is 23.2 Å². The molecule has 0 spiro atoms. The predicted molar refractivity (Wildman–Crippen MR) is 115 cm³/mol. The van der Waals surface area contributed by atoms with Crippen molar-refractivity contribution in [2.75, 3.05) is 16.8 Å². The van der Waals surface area contributed by atoms with Crippen LogP contribution in [0.2, 0.25) is 0 Å². The van der Waals surface area contributed by atoms with E-state index in [0.29, 0.717) is 37.1 Å². The molecule has 2 amide bonds. The first-order valence-corrected chi connectivity index (χ1v) is 10.4. The van der Waals surface area contributed by atoms with Crippen molar-refractivity contribution in [3.05, 3.63) is 24.3 Å². The van der Waals surface area contributed by atoms with Gasteiger partial charge in [0.15, 0.2) is 0 Å². The van der Waals surface area contributed by atoms with E-state index in [-0.39, 0.29) is 11.8 Å². The van der Waals surface area contributed by atoms with E-state index >= 15 is 0 Å². The molecule has 1 rings (SSSR count). The van der Waals surface area contributed by atoms with Crippen LogP contribution in [-0.2, 0) is 9.59 Å². The zero-order valence-electron chi connectivity index (χ0n) is 18.0. The molecule has 1 aromatic carbocycles. The van der Waals surface area contributed by atoms with E-state index in [2.05, 4.69) is 46.9 Å². The van der Waals surface area contributed by atoms with Gasteiger partial charge in [-0.3, -0.25) is 9.59 Å². The molecule has 0 heterocycles. The zero-order valence-corrected chi connectivity index (χ0v) is 18.0. The van der Waals surface area contributed by atoms with Gasteiger partial charge < -0.3 is 10.2 Å². The number of nitrogens with zero attached hydrogens (tertiary/aromatic N) is 1. The highest BCUT2D eigenvalue weighted by atomic mass is 16.2. The molecule has 0 aliphatic rings. The van der Waals surface area contributed by atoms with Crippen LogP contribution in [0.25, 0.3) is 0 Å². The summed E-state index contributed by atoms with van der Waals surface area (Å²) in [5, 5.41) is 2.97. The summed E-state index contributed by atoms with van der Waals surface area (Å²) in [4.78, 5) is 26.8. The quantitative estimate of drug-likeness (QED) is 0.526. The minimum Gasteiger partial charge on any atom is -0.326 e. The number of hydrogen-bond acceptors (Lipinski definition) is 2. The number of hydrogen-bond donors (Lipinski definition) is 1. The molecule has 152 valence electrons. The number of carbonyl (C=O) groups is 2. The molecule has 27 heavy (non-hydrogen) atoms. The van der Waals surface area contributed by atoms with Gasteiger partial charge in [-0.15, -0.1) is 0 Å². The van der Waals surface area contributed by atoms with Crippen LogP contribution in [-0.4, -0.2) is 18.4 Å². The molecule has 1 N–H and O–H groups in total. The lowest BCUT2D eigenvalue weighted by Crippen LogP contribution is -2.32. The lowest BCUT2D eigenvalue weighted by molar-refractivity contribution is -0.119. The Morgan fingerprint density at radius 3 is 2.07 bits per heavy atom. The van der Waals surface area contributed by atoms with Gasteiger partial charge in [0.2, 0.25) is 11.8 Å². The van der Waals surface area contributed by atoms with Gasteiger partial charge in [0.25, 0.3) is 0 Å². The van der Waals surface area contributed by atoms with Gasteiger partial charge in [0.05, 0.1) is 0 Å². The molecular formula is C23H38N2O2.